The summed E-state index contributed by atoms with van der Waals surface area (Å²) in [4.78, 5) is 37.0. The van der Waals surface area contributed by atoms with E-state index >= 15 is 0 Å². The van der Waals surface area contributed by atoms with E-state index in [0.29, 0.717) is 103 Å². The number of hydrogen-bond donors (Lipinski definition) is 3. The van der Waals surface area contributed by atoms with Crippen LogP contribution in [0, 0.1) is 92.7 Å². The van der Waals surface area contributed by atoms with Crippen LogP contribution in [-0.2, 0) is 38.7 Å². The van der Waals surface area contributed by atoms with Crippen molar-refractivity contribution in [3.8, 4) is 22.5 Å². The average Bonchev–Trinajstić information content (AvgIpc) is 1.16. The number of esters is 1. The average molecular weight is 1230 g/mol. The lowest BCUT2D eigenvalue weighted by atomic mass is 9.43. The molecule has 0 radical (unpaired) electrons. The van der Waals surface area contributed by atoms with Crippen LogP contribution in [0.1, 0.15) is 210 Å². The molecule has 1 amide bonds. The number of Topliss-reactive ketones (excluding diaryl/α,β-unsaturated/α-hetero) is 1. The van der Waals surface area contributed by atoms with Crippen LogP contribution in [0.5, 0.6) is 0 Å². The minimum Gasteiger partial charge on any atom is -0.469 e. The number of methoxy groups -OCH3 is 1. The van der Waals surface area contributed by atoms with Crippen LogP contribution >= 0.6 is 0 Å². The summed E-state index contributed by atoms with van der Waals surface area (Å²) in [6.07, 6.45) is 27.1. The topological polar surface area (TPSA) is 189 Å². The highest BCUT2D eigenvalue weighted by atomic mass is 16.6. The molecule has 0 aliphatic heterocycles. The second-order valence-corrected chi connectivity index (χ2v) is 33.6. The van der Waals surface area contributed by atoms with Crippen LogP contribution in [0.2, 0.25) is 0 Å². The minimum absolute atomic E-state index is 0.0921. The molecule has 2 aromatic carbocycles. The first-order valence-electron chi connectivity index (χ1n) is 35.6. The Hall–Kier alpha value is -5.15. The summed E-state index contributed by atoms with van der Waals surface area (Å²) in [7, 11) is 1.50. The molecule has 8 unspecified atom stereocenters. The predicted octanol–water partition coefficient (Wildman–Crippen LogP) is 15.2. The van der Waals surface area contributed by atoms with E-state index in [-0.39, 0.29) is 16.8 Å². The molecule has 8 aliphatic carbocycles. The highest BCUT2D eigenvalue weighted by Crippen LogP contribution is 2.71. The van der Waals surface area contributed by atoms with E-state index in [1.54, 1.807) is 6.92 Å². The Morgan fingerprint density at radius 1 is 0.622 bits per heavy atom. The number of carbonyl (C=O) groups excluding carboxylic acids is 3. The normalized spacial score (nSPS) is 37.0. The maximum Gasteiger partial charge on any atom is 0.407 e. The molecule has 0 bridgehead atoms. The van der Waals surface area contributed by atoms with Crippen LogP contribution < -0.4 is 5.32 Å². The van der Waals surface area contributed by atoms with E-state index in [4.69, 9.17) is 19.7 Å². The number of ketones is 1. The number of hydrogen-bond acceptors (Lipinski definition) is 11. The van der Waals surface area contributed by atoms with Gasteiger partial charge in [-0.2, -0.15) is 0 Å². The summed E-state index contributed by atoms with van der Waals surface area (Å²) in [5.74, 6) is 8.05. The van der Waals surface area contributed by atoms with Gasteiger partial charge in [0.25, 0.3) is 0 Å². The Kier molecular flexibility index (Phi) is 16.7. The van der Waals surface area contributed by atoms with Gasteiger partial charge in [-0.05, 0) is 261 Å². The number of amides is 1. The first kappa shape index (κ1) is 63.6. The number of ether oxygens (including phenoxy) is 2. The van der Waals surface area contributed by atoms with E-state index in [9.17, 15) is 24.6 Å². The van der Waals surface area contributed by atoms with Gasteiger partial charge in [-0.3, -0.25) is 4.79 Å². The Morgan fingerprint density at radius 2 is 1.09 bits per heavy atom. The molecule has 18 atom stereocenters. The lowest BCUT2D eigenvalue weighted by molar-refractivity contribution is -0.156. The number of fused-ring (bicyclic) bond motifs is 13. The number of aromatic nitrogens is 7. The summed E-state index contributed by atoms with van der Waals surface area (Å²) in [5, 5.41) is 49.1. The summed E-state index contributed by atoms with van der Waals surface area (Å²) >= 11 is 0. The van der Waals surface area contributed by atoms with Crippen molar-refractivity contribution in [1.29, 1.82) is 0 Å². The second-order valence-electron chi connectivity index (χ2n) is 33.6. The molecule has 8 saturated carbocycles. The number of rotatable bonds is 17. The van der Waals surface area contributed by atoms with Crippen molar-refractivity contribution in [1.82, 2.24) is 39.9 Å². The Labute approximate surface area is 535 Å². The fraction of sp³-hybridized carbons (Fsp3) is 0.747. The zero-order chi connectivity index (χ0) is 63.5. The molecular formula is C75H108N8O7. The van der Waals surface area contributed by atoms with Crippen molar-refractivity contribution in [2.75, 3.05) is 13.7 Å². The van der Waals surface area contributed by atoms with Crippen LogP contribution in [0.15, 0.2) is 48.8 Å². The standard InChI is InChI=1S/C75H108N8O7/c1-46(12-14-48(3)84)57-23-25-59-55-21-17-51-40-74(87,34-32-70(51,7)61(55)28-30-72(57,59)9)44-81-42-63(77-79-81)49-15-19-53-54-20-16-50(39-66(54)83(65(53)38-49)37-36-76-68(86)90-69(4,5)6)64-43-82(80-78-64)45-75(88)35-33-71(8)52(41-75)18-22-56-60-26-24-58(47(2)13-27-67(85)89-11)73(60,10)31-29-62(56)71/h15-16,19-20,38-39,42-43,46-47,51-52,55-62,87-88H,12-14,17-18,21-37,40-41,44-45H2,1-11H3,(H,76,86)/t46-,47-,51-,52-,55+,56+,57?,58?,59+,60+,61?,62?,70?,71?,72?,73?,74+,75+/m1/s1. The highest BCUT2D eigenvalue weighted by molar-refractivity contribution is 6.10. The number of benzene rings is 2. The van der Waals surface area contributed by atoms with Gasteiger partial charge in [0.1, 0.15) is 22.8 Å². The minimum atomic E-state index is -0.868. The van der Waals surface area contributed by atoms with Crippen LogP contribution in [0.3, 0.4) is 0 Å². The molecule has 8 fully saturated rings. The van der Waals surface area contributed by atoms with Gasteiger partial charge in [0.15, 0.2) is 0 Å². The van der Waals surface area contributed by atoms with Gasteiger partial charge < -0.3 is 34.4 Å². The fourth-order valence-corrected chi connectivity index (χ4v) is 23.0. The van der Waals surface area contributed by atoms with E-state index in [2.05, 4.69) is 98.3 Å². The van der Waals surface area contributed by atoms with E-state index < -0.39 is 22.9 Å². The molecule has 0 spiro atoms. The number of carbonyl (C=O) groups is 3. The van der Waals surface area contributed by atoms with Crippen LogP contribution in [-0.4, -0.2) is 93.1 Å². The Morgan fingerprint density at radius 3 is 1.54 bits per heavy atom. The fourth-order valence-electron chi connectivity index (χ4n) is 23.0. The molecule has 3 heterocycles. The van der Waals surface area contributed by atoms with E-state index in [1.165, 1.54) is 84.2 Å². The Bertz CT molecular complexity index is 3490. The van der Waals surface area contributed by atoms with Gasteiger partial charge in [0, 0.05) is 58.9 Å². The molecule has 3 aromatic heterocycles. The van der Waals surface area contributed by atoms with Gasteiger partial charge in [-0.15, -0.1) is 10.2 Å². The van der Waals surface area contributed by atoms with Crippen molar-refractivity contribution >= 4 is 39.7 Å². The summed E-state index contributed by atoms with van der Waals surface area (Å²) in [6.45, 7) is 24.2. The zero-order valence-electron chi connectivity index (χ0n) is 56.5. The molecule has 490 valence electrons. The van der Waals surface area contributed by atoms with Gasteiger partial charge in [0.2, 0.25) is 0 Å². The highest BCUT2D eigenvalue weighted by Gasteiger charge is 2.64. The molecule has 8 aliphatic rings. The van der Waals surface area contributed by atoms with Crippen molar-refractivity contribution in [2.24, 2.45) is 92.7 Å². The summed E-state index contributed by atoms with van der Waals surface area (Å²) < 4.78 is 16.7. The third kappa shape index (κ3) is 11.5. The van der Waals surface area contributed by atoms with Crippen LogP contribution in [0.4, 0.5) is 4.79 Å². The lowest BCUT2D eigenvalue weighted by Crippen LogP contribution is -2.56. The quantitative estimate of drug-likeness (QED) is 0.0752. The van der Waals surface area contributed by atoms with Gasteiger partial charge in [0.05, 0.1) is 43.8 Å². The van der Waals surface area contributed by atoms with Crippen molar-refractivity contribution in [2.45, 2.75) is 247 Å². The first-order valence-corrected chi connectivity index (χ1v) is 35.6. The largest absolute Gasteiger partial charge is 0.469 e. The number of aliphatic hydroxyl groups is 2. The lowest BCUT2D eigenvalue weighted by Gasteiger charge is -2.62. The number of nitrogens with one attached hydrogen (secondary N) is 1. The van der Waals surface area contributed by atoms with Crippen molar-refractivity contribution in [3.05, 3.63) is 48.8 Å². The maximum atomic E-state index is 13.0. The summed E-state index contributed by atoms with van der Waals surface area (Å²) in [6, 6.07) is 12.9. The summed E-state index contributed by atoms with van der Waals surface area (Å²) in [5.41, 5.74) is 4.13. The third-order valence-corrected chi connectivity index (χ3v) is 27.6. The molecule has 5 aromatic rings. The molecule has 0 saturated heterocycles. The smallest absolute Gasteiger partial charge is 0.407 e. The van der Waals surface area contributed by atoms with E-state index in [1.807, 2.05) is 42.5 Å². The Balaban J connectivity index is 0.687. The molecule has 3 N–H and O–H groups in total. The predicted molar refractivity (Wildman–Crippen MR) is 352 cm³/mol. The van der Waals surface area contributed by atoms with Crippen molar-refractivity contribution < 1.29 is 34.1 Å². The van der Waals surface area contributed by atoms with Gasteiger partial charge in [-0.1, -0.05) is 76.2 Å². The monoisotopic (exact) mass is 1230 g/mol. The van der Waals surface area contributed by atoms with Crippen molar-refractivity contribution in [3.63, 3.8) is 0 Å². The maximum absolute atomic E-state index is 13.0. The molecule has 15 heteroatoms. The van der Waals surface area contributed by atoms with Gasteiger partial charge in [-0.25, -0.2) is 14.2 Å². The third-order valence-electron chi connectivity index (χ3n) is 27.6. The zero-order valence-corrected chi connectivity index (χ0v) is 56.5. The second kappa shape index (κ2) is 23.7. The number of alkyl carbamates (subject to hydrolysis) is 1. The number of nitrogens with zero attached hydrogens (tertiary/aromatic N) is 7. The van der Waals surface area contributed by atoms with Gasteiger partial charge >= 0.3 is 12.1 Å². The molecule has 13 rings (SSSR count). The van der Waals surface area contributed by atoms with Crippen LogP contribution in [0.25, 0.3) is 44.3 Å². The molecule has 15 nitrogen and oxygen atoms in total. The molecule has 90 heavy (non-hydrogen) atoms. The van der Waals surface area contributed by atoms with E-state index in [0.717, 1.165) is 119 Å². The molecular weight excluding hydrogens is 1120 g/mol. The first-order chi connectivity index (χ1) is 42.7. The SMILES string of the molecule is COC(=O)CC[C@@H](C)C1CC[C@H]2[C@@H]3CC[C@@H]4C[C@](O)(Cn5cc(-c6ccc7c8ccc(-c9cn(C[C@]%10(O)CCC%11(C)C%12CCC%13(C)C([C@H](C)CCC(C)=O)CC[C@H]%13[C@@H]%12CC[C@@H]%11C%10)nn9)cc8n(CCNC(=O)OC(C)(C)C)c7c6)nn5)CCC4(C)C3CCC12C.